The van der Waals surface area contributed by atoms with Crippen molar-refractivity contribution in [3.05, 3.63) is 0 Å². The van der Waals surface area contributed by atoms with Gasteiger partial charge in [-0.25, -0.2) is 0 Å². The van der Waals surface area contributed by atoms with E-state index in [1.54, 1.807) is 6.92 Å². The van der Waals surface area contributed by atoms with Gasteiger partial charge in [-0.2, -0.15) is 0 Å². The van der Waals surface area contributed by atoms with Crippen molar-refractivity contribution in [1.29, 1.82) is 0 Å². The van der Waals surface area contributed by atoms with Crippen molar-refractivity contribution in [2.45, 2.75) is 52.1 Å². The topological polar surface area (TPSA) is 46.5 Å². The molecule has 12 heavy (non-hydrogen) atoms. The molecule has 1 N–H and O–H groups in total. The minimum Gasteiger partial charge on any atom is -0.133 e. The van der Waals surface area contributed by atoms with Gasteiger partial charge in [0.1, 0.15) is 6.10 Å². The van der Waals surface area contributed by atoms with Crippen molar-refractivity contribution >= 4 is 8.25 Å². The Bertz CT molecular complexity index is 119. The van der Waals surface area contributed by atoms with E-state index in [0.717, 1.165) is 6.42 Å². The predicted octanol–water partition coefficient (Wildman–Crippen LogP) is 3.01. The first kappa shape index (κ1) is 12.0. The zero-order chi connectivity index (χ0) is 9.40. The Morgan fingerprint density at radius 3 is 1.92 bits per heavy atom. The van der Waals surface area contributed by atoms with Crippen LogP contribution >= 0.6 is 8.25 Å². The summed E-state index contributed by atoms with van der Waals surface area (Å²) in [4.78, 5) is 8.14. The van der Waals surface area contributed by atoms with Crippen LogP contribution in [0.15, 0.2) is 0 Å². The lowest BCUT2D eigenvalue weighted by Gasteiger charge is -2.05. The van der Waals surface area contributed by atoms with Crippen LogP contribution in [-0.4, -0.2) is 11.0 Å². The maximum Gasteiger partial charge on any atom is 0.694 e. The second-order valence-corrected chi connectivity index (χ2v) is 3.66. The van der Waals surface area contributed by atoms with Gasteiger partial charge in [-0.15, -0.1) is 9.42 Å². The van der Waals surface area contributed by atoms with E-state index in [1.807, 2.05) is 6.92 Å². The van der Waals surface area contributed by atoms with Crippen LogP contribution in [0, 0.1) is 0 Å². The van der Waals surface area contributed by atoms with Crippen molar-refractivity contribution in [2.24, 2.45) is 0 Å². The Balaban J connectivity index is 0.000000247. The SMILES string of the molecule is C1CCC1.CCC(C)O[P+](=O)O. The molecule has 0 aromatic heterocycles. The Hall–Kier alpha value is 0.0200. The van der Waals surface area contributed by atoms with Gasteiger partial charge in [0.2, 0.25) is 0 Å². The molecule has 2 atom stereocenters. The molecule has 1 rings (SSSR count). The Kier molecular flexibility index (Phi) is 7.67. The number of hydrogen-bond donors (Lipinski definition) is 1. The summed E-state index contributed by atoms with van der Waals surface area (Å²) in [5, 5.41) is 0. The molecule has 0 heterocycles. The van der Waals surface area contributed by atoms with E-state index in [1.165, 1.54) is 25.7 Å². The van der Waals surface area contributed by atoms with Crippen LogP contribution in [-0.2, 0) is 9.09 Å². The van der Waals surface area contributed by atoms with Crippen molar-refractivity contribution in [3.8, 4) is 0 Å². The Labute approximate surface area is 75.1 Å². The number of hydrogen-bond acceptors (Lipinski definition) is 2. The molecule has 3 nitrogen and oxygen atoms in total. The molecule has 1 saturated carbocycles. The van der Waals surface area contributed by atoms with E-state index in [0.29, 0.717) is 0 Å². The summed E-state index contributed by atoms with van der Waals surface area (Å²) in [6.45, 7) is 3.65. The summed E-state index contributed by atoms with van der Waals surface area (Å²) in [6.07, 6.45) is 6.66. The van der Waals surface area contributed by atoms with Crippen molar-refractivity contribution < 1.29 is 14.0 Å². The molecule has 4 heteroatoms. The third-order valence-electron chi connectivity index (χ3n) is 1.85. The molecule has 0 saturated heterocycles. The van der Waals surface area contributed by atoms with Gasteiger partial charge in [0, 0.05) is 4.57 Å². The van der Waals surface area contributed by atoms with E-state index >= 15 is 0 Å². The molecule has 0 aromatic rings. The summed E-state index contributed by atoms with van der Waals surface area (Å²) >= 11 is 0. The monoisotopic (exact) mass is 193 g/mol. The van der Waals surface area contributed by atoms with Crippen LogP contribution in [0.1, 0.15) is 46.0 Å². The molecule has 2 unspecified atom stereocenters. The van der Waals surface area contributed by atoms with Gasteiger partial charge in [0.25, 0.3) is 0 Å². The molecule has 0 aliphatic heterocycles. The summed E-state index contributed by atoms with van der Waals surface area (Å²) < 4.78 is 14.4. The molecule has 0 spiro atoms. The molecule has 1 aliphatic rings. The van der Waals surface area contributed by atoms with E-state index < -0.39 is 8.25 Å². The molecule has 72 valence electrons. The van der Waals surface area contributed by atoms with Crippen molar-refractivity contribution in [3.63, 3.8) is 0 Å². The fourth-order valence-corrected chi connectivity index (χ4v) is 0.935. The highest BCUT2D eigenvalue weighted by Gasteiger charge is 2.16. The van der Waals surface area contributed by atoms with Crippen LogP contribution in [0.3, 0.4) is 0 Å². The van der Waals surface area contributed by atoms with Crippen LogP contribution < -0.4 is 0 Å². The smallest absolute Gasteiger partial charge is 0.133 e. The van der Waals surface area contributed by atoms with E-state index in [9.17, 15) is 4.57 Å². The summed E-state index contributed by atoms with van der Waals surface area (Å²) in [5.41, 5.74) is 0. The van der Waals surface area contributed by atoms with Crippen LogP contribution in [0.2, 0.25) is 0 Å². The van der Waals surface area contributed by atoms with E-state index in [2.05, 4.69) is 4.52 Å². The lowest BCUT2D eigenvalue weighted by Crippen LogP contribution is -1.98. The standard InChI is InChI=1S/C4H9O3P.C4H8/c1-3-4(2)7-8(5)6;1-2-4-3-1/h4H,3H2,1-2H3;1-4H2/p+1. The van der Waals surface area contributed by atoms with E-state index in [-0.39, 0.29) is 6.10 Å². The van der Waals surface area contributed by atoms with Gasteiger partial charge in [-0.05, 0) is 13.3 Å². The maximum absolute atomic E-state index is 9.89. The molecule has 1 aliphatic carbocycles. The zero-order valence-electron chi connectivity index (χ0n) is 7.82. The molecule has 0 bridgehead atoms. The minimum absolute atomic E-state index is 0.108. The van der Waals surface area contributed by atoms with Crippen LogP contribution in [0.4, 0.5) is 0 Å². The first-order chi connectivity index (χ1) is 5.66. The molecule has 0 aromatic carbocycles. The lowest BCUT2D eigenvalue weighted by atomic mass is 10.0. The number of rotatable bonds is 3. The second-order valence-electron chi connectivity index (χ2n) is 2.98. The average Bonchev–Trinajstić information content (AvgIpc) is 1.82. The summed E-state index contributed by atoms with van der Waals surface area (Å²) in [6, 6.07) is 0. The molecular weight excluding hydrogens is 175 g/mol. The highest BCUT2D eigenvalue weighted by molar-refractivity contribution is 7.32. The zero-order valence-corrected chi connectivity index (χ0v) is 8.72. The first-order valence-electron chi connectivity index (χ1n) is 4.49. The van der Waals surface area contributed by atoms with Gasteiger partial charge >= 0.3 is 8.25 Å². The fraction of sp³-hybridized carbons (Fsp3) is 1.00. The highest BCUT2D eigenvalue weighted by atomic mass is 31.1. The van der Waals surface area contributed by atoms with Crippen LogP contribution in [0.25, 0.3) is 0 Å². The third kappa shape index (κ3) is 8.12. The third-order valence-corrected chi connectivity index (χ3v) is 2.39. The van der Waals surface area contributed by atoms with Crippen LogP contribution in [0.5, 0.6) is 0 Å². The summed E-state index contributed by atoms with van der Waals surface area (Å²) in [5.74, 6) is 0. The molecule has 0 amide bonds. The van der Waals surface area contributed by atoms with Crippen molar-refractivity contribution in [2.75, 3.05) is 0 Å². The minimum atomic E-state index is -2.40. The van der Waals surface area contributed by atoms with E-state index in [4.69, 9.17) is 4.89 Å². The highest BCUT2D eigenvalue weighted by Crippen LogP contribution is 2.18. The molecule has 1 fully saturated rings. The normalized spacial score (nSPS) is 18.4. The maximum atomic E-state index is 9.89. The summed E-state index contributed by atoms with van der Waals surface area (Å²) in [7, 11) is -2.40. The first-order valence-corrected chi connectivity index (χ1v) is 5.62. The quantitative estimate of drug-likeness (QED) is 0.701. The lowest BCUT2D eigenvalue weighted by molar-refractivity contribution is 0.202. The largest absolute Gasteiger partial charge is 0.694 e. The molecule has 0 radical (unpaired) electrons. The van der Waals surface area contributed by atoms with Crippen molar-refractivity contribution in [1.82, 2.24) is 0 Å². The van der Waals surface area contributed by atoms with Gasteiger partial charge < -0.3 is 0 Å². The van der Waals surface area contributed by atoms with Gasteiger partial charge in [-0.1, -0.05) is 32.6 Å². The van der Waals surface area contributed by atoms with Gasteiger partial charge in [0.05, 0.1) is 0 Å². The predicted molar refractivity (Wildman–Crippen MR) is 49.1 cm³/mol. The Morgan fingerprint density at radius 1 is 1.42 bits per heavy atom. The fourth-order valence-electron chi connectivity index (χ4n) is 0.478. The second kappa shape index (κ2) is 7.66. The van der Waals surface area contributed by atoms with Gasteiger partial charge in [0.15, 0.2) is 0 Å². The Morgan fingerprint density at radius 2 is 1.83 bits per heavy atom. The molecular formula is C8H18O3P+. The van der Waals surface area contributed by atoms with Gasteiger partial charge in [-0.3, -0.25) is 0 Å². The average molecular weight is 193 g/mol.